The number of halogens is 3. The highest BCUT2D eigenvalue weighted by Crippen LogP contribution is 2.38. The summed E-state index contributed by atoms with van der Waals surface area (Å²) in [6.45, 7) is 4.64. The molecule has 1 aromatic carbocycles. The van der Waals surface area contributed by atoms with E-state index in [1.807, 2.05) is 0 Å². The maximum absolute atomic E-state index is 13.3. The molecule has 0 aromatic heterocycles. The van der Waals surface area contributed by atoms with Gasteiger partial charge in [-0.2, -0.15) is 0 Å². The van der Waals surface area contributed by atoms with Crippen LogP contribution in [-0.2, 0) is 0 Å². The summed E-state index contributed by atoms with van der Waals surface area (Å²) in [7, 11) is 0. The summed E-state index contributed by atoms with van der Waals surface area (Å²) in [6, 6.07) is 0. The van der Waals surface area contributed by atoms with Gasteiger partial charge in [-0.3, -0.25) is 0 Å². The van der Waals surface area contributed by atoms with Crippen molar-refractivity contribution < 1.29 is 13.9 Å². The van der Waals surface area contributed by atoms with E-state index >= 15 is 0 Å². The minimum absolute atomic E-state index is 0.118. The number of benzene rings is 1. The fourth-order valence-electron chi connectivity index (χ4n) is 1.31. The number of hydrogen-bond donors (Lipinski definition) is 1. The third-order valence-corrected chi connectivity index (χ3v) is 2.50. The van der Waals surface area contributed by atoms with Crippen molar-refractivity contribution >= 4 is 11.6 Å². The minimum Gasteiger partial charge on any atom is -0.505 e. The molecule has 0 fully saturated rings. The molecular formula is C10H11ClF2O. The standard InChI is InChI=1S/C10H11ClF2O/c1-4(2)6-7(11)8(12)5(3)9(13)10(6)14/h4,14H,1-3H3. The monoisotopic (exact) mass is 220 g/mol. The lowest BCUT2D eigenvalue weighted by Gasteiger charge is -2.13. The molecule has 0 radical (unpaired) electrons. The van der Waals surface area contributed by atoms with Gasteiger partial charge in [0.05, 0.1) is 5.02 Å². The summed E-state index contributed by atoms with van der Waals surface area (Å²) in [5, 5.41) is 9.23. The molecule has 0 heterocycles. The van der Waals surface area contributed by atoms with Gasteiger partial charge in [-0.25, -0.2) is 8.78 Å². The summed E-state index contributed by atoms with van der Waals surface area (Å²) >= 11 is 5.67. The Hall–Kier alpha value is -0.830. The van der Waals surface area contributed by atoms with Crippen LogP contribution in [0.1, 0.15) is 30.9 Å². The normalized spacial score (nSPS) is 11.1. The van der Waals surface area contributed by atoms with Crippen LogP contribution < -0.4 is 0 Å². The van der Waals surface area contributed by atoms with E-state index < -0.39 is 17.4 Å². The summed E-state index contributed by atoms with van der Waals surface area (Å²) in [5.41, 5.74) is -0.135. The zero-order chi connectivity index (χ0) is 11.0. The molecule has 1 aromatic rings. The number of phenolic OH excluding ortho intramolecular Hbond substituents is 1. The van der Waals surface area contributed by atoms with Crippen molar-refractivity contribution in [2.24, 2.45) is 0 Å². The maximum atomic E-state index is 13.3. The Labute approximate surface area is 86.3 Å². The van der Waals surface area contributed by atoms with E-state index in [2.05, 4.69) is 0 Å². The molecule has 0 amide bonds. The van der Waals surface area contributed by atoms with Crippen molar-refractivity contribution in [2.45, 2.75) is 26.7 Å². The summed E-state index contributed by atoms with van der Waals surface area (Å²) in [5.74, 6) is -2.52. The molecular weight excluding hydrogens is 210 g/mol. The van der Waals surface area contributed by atoms with Gasteiger partial charge in [0, 0.05) is 11.1 Å². The minimum atomic E-state index is -0.935. The summed E-state index contributed by atoms with van der Waals surface area (Å²) < 4.78 is 26.6. The lowest BCUT2D eigenvalue weighted by atomic mass is 9.99. The predicted octanol–water partition coefficient (Wildman–Crippen LogP) is 3.76. The fourth-order valence-corrected chi connectivity index (χ4v) is 1.76. The maximum Gasteiger partial charge on any atom is 0.171 e. The highest BCUT2D eigenvalue weighted by atomic mass is 35.5. The lowest BCUT2D eigenvalue weighted by molar-refractivity contribution is 0.415. The van der Waals surface area contributed by atoms with Crippen molar-refractivity contribution in [2.75, 3.05) is 0 Å². The molecule has 0 saturated heterocycles. The average Bonchev–Trinajstić information content (AvgIpc) is 2.11. The number of aromatic hydroxyl groups is 1. The second-order valence-electron chi connectivity index (χ2n) is 3.48. The number of hydrogen-bond acceptors (Lipinski definition) is 1. The van der Waals surface area contributed by atoms with E-state index in [0.717, 1.165) is 0 Å². The molecule has 78 valence electrons. The molecule has 0 aliphatic heterocycles. The van der Waals surface area contributed by atoms with Crippen LogP contribution in [0.4, 0.5) is 8.78 Å². The lowest BCUT2D eigenvalue weighted by Crippen LogP contribution is -1.99. The molecule has 1 nitrogen and oxygen atoms in total. The van der Waals surface area contributed by atoms with Gasteiger partial charge in [0.1, 0.15) is 5.82 Å². The van der Waals surface area contributed by atoms with E-state index in [1.165, 1.54) is 6.92 Å². The fraction of sp³-hybridized carbons (Fsp3) is 0.400. The van der Waals surface area contributed by atoms with Gasteiger partial charge in [-0.1, -0.05) is 25.4 Å². The first kappa shape index (κ1) is 11.2. The van der Waals surface area contributed by atoms with Crippen molar-refractivity contribution in [3.8, 4) is 5.75 Å². The molecule has 4 heteroatoms. The largest absolute Gasteiger partial charge is 0.505 e. The molecule has 1 N–H and O–H groups in total. The highest BCUT2D eigenvalue weighted by molar-refractivity contribution is 6.31. The molecule has 0 aliphatic carbocycles. The zero-order valence-electron chi connectivity index (χ0n) is 8.16. The van der Waals surface area contributed by atoms with Crippen LogP contribution in [0, 0.1) is 18.6 Å². The van der Waals surface area contributed by atoms with Gasteiger partial charge in [0.15, 0.2) is 11.6 Å². The first-order valence-electron chi connectivity index (χ1n) is 4.23. The molecule has 0 spiro atoms. The van der Waals surface area contributed by atoms with Gasteiger partial charge in [0.2, 0.25) is 0 Å². The topological polar surface area (TPSA) is 20.2 Å². The molecule has 0 bridgehead atoms. The van der Waals surface area contributed by atoms with Gasteiger partial charge in [0.25, 0.3) is 0 Å². The van der Waals surface area contributed by atoms with E-state index in [4.69, 9.17) is 11.6 Å². The van der Waals surface area contributed by atoms with Crippen LogP contribution in [0.25, 0.3) is 0 Å². The Morgan fingerprint density at radius 1 is 1.21 bits per heavy atom. The predicted molar refractivity (Wildman–Crippen MR) is 51.9 cm³/mol. The quantitative estimate of drug-likeness (QED) is 0.715. The Morgan fingerprint density at radius 2 is 1.71 bits per heavy atom. The van der Waals surface area contributed by atoms with Gasteiger partial charge in [-0.15, -0.1) is 0 Å². The Balaban J connectivity index is 3.60. The van der Waals surface area contributed by atoms with E-state index in [0.29, 0.717) is 0 Å². The van der Waals surface area contributed by atoms with Crippen molar-refractivity contribution in [1.29, 1.82) is 0 Å². The van der Waals surface area contributed by atoms with Crippen LogP contribution in [-0.4, -0.2) is 5.11 Å². The van der Waals surface area contributed by atoms with Crippen molar-refractivity contribution in [1.82, 2.24) is 0 Å². The van der Waals surface area contributed by atoms with Crippen LogP contribution in [0.2, 0.25) is 5.02 Å². The molecule has 14 heavy (non-hydrogen) atoms. The van der Waals surface area contributed by atoms with E-state index in [-0.39, 0.29) is 22.1 Å². The summed E-state index contributed by atoms with van der Waals surface area (Å²) in [4.78, 5) is 0. The van der Waals surface area contributed by atoms with Crippen LogP contribution in [0.5, 0.6) is 5.75 Å². The van der Waals surface area contributed by atoms with E-state index in [1.54, 1.807) is 13.8 Å². The third-order valence-electron chi connectivity index (χ3n) is 2.13. The molecule has 1 rings (SSSR count). The van der Waals surface area contributed by atoms with Crippen LogP contribution in [0.15, 0.2) is 0 Å². The Kier molecular flexibility index (Phi) is 3.00. The van der Waals surface area contributed by atoms with Gasteiger partial charge >= 0.3 is 0 Å². The highest BCUT2D eigenvalue weighted by Gasteiger charge is 2.22. The van der Waals surface area contributed by atoms with Gasteiger partial charge in [-0.05, 0) is 12.8 Å². The van der Waals surface area contributed by atoms with Crippen molar-refractivity contribution in [3.05, 3.63) is 27.8 Å². The van der Waals surface area contributed by atoms with E-state index in [9.17, 15) is 13.9 Å². The first-order valence-corrected chi connectivity index (χ1v) is 4.61. The molecule has 0 saturated carbocycles. The van der Waals surface area contributed by atoms with Crippen molar-refractivity contribution in [3.63, 3.8) is 0 Å². The SMILES string of the molecule is Cc1c(F)c(O)c(C(C)C)c(Cl)c1F. The summed E-state index contributed by atoms with van der Waals surface area (Å²) in [6.07, 6.45) is 0. The Bertz CT molecular complexity index is 346. The smallest absolute Gasteiger partial charge is 0.171 e. The second-order valence-corrected chi connectivity index (χ2v) is 3.86. The molecule has 0 aliphatic rings. The zero-order valence-corrected chi connectivity index (χ0v) is 8.91. The first-order chi connectivity index (χ1) is 6.37. The van der Waals surface area contributed by atoms with Gasteiger partial charge < -0.3 is 5.11 Å². The number of rotatable bonds is 1. The average molecular weight is 221 g/mol. The van der Waals surface area contributed by atoms with Crippen LogP contribution >= 0.6 is 11.6 Å². The van der Waals surface area contributed by atoms with Crippen LogP contribution in [0.3, 0.4) is 0 Å². The second kappa shape index (κ2) is 3.73. The third kappa shape index (κ3) is 1.57. The number of phenols is 1. The molecule has 0 unspecified atom stereocenters. The Morgan fingerprint density at radius 3 is 2.14 bits per heavy atom. The molecule has 0 atom stereocenters.